The molecule has 0 saturated carbocycles. The number of hydrogen-bond donors (Lipinski definition) is 1. The molecule has 1 aromatic heterocycles. The summed E-state index contributed by atoms with van der Waals surface area (Å²) in [6.45, 7) is 5.88. The first-order valence-electron chi connectivity index (χ1n) is 5.55. The Kier molecular flexibility index (Phi) is 4.76. The lowest BCUT2D eigenvalue weighted by Crippen LogP contribution is -2.40. The Hall–Kier alpha value is -1.07. The molecule has 1 N–H and O–H groups in total. The van der Waals surface area contributed by atoms with Crippen molar-refractivity contribution >= 4 is 6.01 Å². The van der Waals surface area contributed by atoms with Crippen LogP contribution < -0.4 is 4.90 Å². The van der Waals surface area contributed by atoms with Crippen LogP contribution in [0.25, 0.3) is 0 Å². The van der Waals surface area contributed by atoms with Crippen LogP contribution in [0.4, 0.5) is 6.01 Å². The molecule has 0 aliphatic rings. The summed E-state index contributed by atoms with van der Waals surface area (Å²) in [5.74, 6) is 0. The van der Waals surface area contributed by atoms with Gasteiger partial charge in [0.25, 0.3) is 6.01 Å². The summed E-state index contributed by atoms with van der Waals surface area (Å²) < 4.78 is 5.35. The lowest BCUT2D eigenvalue weighted by molar-refractivity contribution is 0.276. The van der Waals surface area contributed by atoms with Crippen molar-refractivity contribution in [3.63, 3.8) is 0 Å². The minimum Gasteiger partial charge on any atom is -0.432 e. The Labute approximate surface area is 96.7 Å². The van der Waals surface area contributed by atoms with Gasteiger partial charge in [0.15, 0.2) is 0 Å². The van der Waals surface area contributed by atoms with Crippen molar-refractivity contribution in [1.82, 2.24) is 9.88 Å². The zero-order valence-electron chi connectivity index (χ0n) is 10.5. The van der Waals surface area contributed by atoms with E-state index < -0.39 is 0 Å². The minimum atomic E-state index is -0.0802. The van der Waals surface area contributed by atoms with E-state index >= 15 is 0 Å². The van der Waals surface area contributed by atoms with E-state index in [1.807, 2.05) is 14.1 Å². The number of likely N-dealkylation sites (N-methyl/N-ethyl adjacent to an activating group) is 2. The first-order valence-corrected chi connectivity index (χ1v) is 5.55. The van der Waals surface area contributed by atoms with Gasteiger partial charge in [0, 0.05) is 19.1 Å². The largest absolute Gasteiger partial charge is 0.432 e. The molecule has 92 valence electrons. The van der Waals surface area contributed by atoms with E-state index in [0.29, 0.717) is 17.8 Å². The minimum absolute atomic E-state index is 0.0802. The summed E-state index contributed by atoms with van der Waals surface area (Å²) in [5, 5.41) is 8.94. The van der Waals surface area contributed by atoms with Gasteiger partial charge < -0.3 is 19.3 Å². The second-order valence-electron chi connectivity index (χ2n) is 4.18. The van der Waals surface area contributed by atoms with Crippen LogP contribution in [-0.2, 0) is 6.61 Å². The molecule has 0 saturated heterocycles. The van der Waals surface area contributed by atoms with Gasteiger partial charge in [0.1, 0.15) is 12.0 Å². The summed E-state index contributed by atoms with van der Waals surface area (Å²) in [6, 6.07) is 0.908. The van der Waals surface area contributed by atoms with E-state index in [1.54, 1.807) is 0 Å². The van der Waals surface area contributed by atoms with Gasteiger partial charge >= 0.3 is 0 Å². The van der Waals surface area contributed by atoms with E-state index in [1.165, 1.54) is 6.26 Å². The monoisotopic (exact) mass is 227 g/mol. The van der Waals surface area contributed by atoms with Gasteiger partial charge in [-0.05, 0) is 27.9 Å². The van der Waals surface area contributed by atoms with Crippen LogP contribution in [0, 0.1) is 0 Å². The fourth-order valence-electron chi connectivity index (χ4n) is 1.76. The number of aromatic nitrogens is 1. The highest BCUT2D eigenvalue weighted by Gasteiger charge is 2.18. The van der Waals surface area contributed by atoms with Crippen molar-refractivity contribution in [2.24, 2.45) is 0 Å². The number of aliphatic hydroxyl groups is 1. The molecule has 16 heavy (non-hydrogen) atoms. The molecule has 0 aliphatic carbocycles. The number of rotatable bonds is 6. The van der Waals surface area contributed by atoms with Gasteiger partial charge in [0.05, 0.1) is 6.61 Å². The average Bonchev–Trinajstić information content (AvgIpc) is 2.66. The fraction of sp³-hybridized carbons (Fsp3) is 0.727. The van der Waals surface area contributed by atoms with Crippen LogP contribution >= 0.6 is 0 Å². The molecule has 0 spiro atoms. The standard InChI is InChI=1S/C11H21N3O2/c1-5-14(9(2)6-13(3)4)11-12-10(7-15)8-16-11/h8-9,15H,5-7H2,1-4H3. The first kappa shape index (κ1) is 13.0. The highest BCUT2D eigenvalue weighted by Crippen LogP contribution is 2.16. The molecule has 1 rings (SSSR count). The third-order valence-electron chi connectivity index (χ3n) is 2.45. The van der Waals surface area contributed by atoms with E-state index in [-0.39, 0.29) is 6.61 Å². The second-order valence-corrected chi connectivity index (χ2v) is 4.18. The first-order chi connectivity index (χ1) is 7.58. The van der Waals surface area contributed by atoms with Crippen molar-refractivity contribution in [2.45, 2.75) is 26.5 Å². The van der Waals surface area contributed by atoms with Crippen LogP contribution in [0.3, 0.4) is 0 Å². The molecule has 0 aliphatic heterocycles. The third kappa shape index (κ3) is 3.21. The van der Waals surface area contributed by atoms with Gasteiger partial charge in [-0.15, -0.1) is 0 Å². The summed E-state index contributed by atoms with van der Waals surface area (Å²) in [7, 11) is 4.08. The average molecular weight is 227 g/mol. The predicted octanol–water partition coefficient (Wildman–Crippen LogP) is 0.943. The fourth-order valence-corrected chi connectivity index (χ4v) is 1.76. The number of anilines is 1. The predicted molar refractivity (Wildman–Crippen MR) is 63.5 cm³/mol. The molecule has 0 bridgehead atoms. The maximum absolute atomic E-state index is 8.94. The molecular weight excluding hydrogens is 206 g/mol. The van der Waals surface area contributed by atoms with E-state index in [4.69, 9.17) is 9.52 Å². The topological polar surface area (TPSA) is 52.7 Å². The van der Waals surface area contributed by atoms with Gasteiger partial charge in [-0.3, -0.25) is 0 Å². The van der Waals surface area contributed by atoms with E-state index in [0.717, 1.165) is 13.1 Å². The quantitative estimate of drug-likeness (QED) is 0.784. The Morgan fingerprint density at radius 2 is 2.19 bits per heavy atom. The second kappa shape index (κ2) is 5.86. The molecule has 1 aromatic rings. The van der Waals surface area contributed by atoms with Crippen molar-refractivity contribution in [1.29, 1.82) is 0 Å². The maximum atomic E-state index is 8.94. The summed E-state index contributed by atoms with van der Waals surface area (Å²) in [5.41, 5.74) is 0.575. The highest BCUT2D eigenvalue weighted by atomic mass is 16.4. The summed E-state index contributed by atoms with van der Waals surface area (Å²) in [4.78, 5) is 8.43. The Morgan fingerprint density at radius 1 is 1.50 bits per heavy atom. The maximum Gasteiger partial charge on any atom is 0.297 e. The number of oxazole rings is 1. The van der Waals surface area contributed by atoms with Crippen molar-refractivity contribution < 1.29 is 9.52 Å². The Balaban J connectivity index is 2.72. The van der Waals surface area contributed by atoms with Crippen LogP contribution in [0.2, 0.25) is 0 Å². The molecule has 1 heterocycles. The Bertz CT molecular complexity index is 312. The van der Waals surface area contributed by atoms with Crippen molar-refractivity contribution in [2.75, 3.05) is 32.1 Å². The third-order valence-corrected chi connectivity index (χ3v) is 2.45. The molecule has 5 heteroatoms. The number of nitrogens with zero attached hydrogens (tertiary/aromatic N) is 3. The molecular formula is C11H21N3O2. The lowest BCUT2D eigenvalue weighted by atomic mass is 10.3. The number of aliphatic hydroxyl groups excluding tert-OH is 1. The van der Waals surface area contributed by atoms with Gasteiger partial charge in [0.2, 0.25) is 0 Å². The zero-order valence-corrected chi connectivity index (χ0v) is 10.5. The number of hydrogen-bond acceptors (Lipinski definition) is 5. The molecule has 0 amide bonds. The molecule has 0 radical (unpaired) electrons. The summed E-state index contributed by atoms with van der Waals surface area (Å²) >= 11 is 0. The van der Waals surface area contributed by atoms with Crippen molar-refractivity contribution in [3.05, 3.63) is 12.0 Å². The van der Waals surface area contributed by atoms with Crippen LogP contribution in [-0.4, -0.2) is 48.2 Å². The van der Waals surface area contributed by atoms with E-state index in [2.05, 4.69) is 28.6 Å². The Morgan fingerprint density at radius 3 is 2.62 bits per heavy atom. The molecule has 0 fully saturated rings. The van der Waals surface area contributed by atoms with Gasteiger partial charge in [-0.2, -0.15) is 4.98 Å². The summed E-state index contributed by atoms with van der Waals surface area (Å²) in [6.07, 6.45) is 1.50. The van der Waals surface area contributed by atoms with Gasteiger partial charge in [-0.25, -0.2) is 0 Å². The van der Waals surface area contributed by atoms with E-state index in [9.17, 15) is 0 Å². The normalized spacial score (nSPS) is 13.1. The molecule has 5 nitrogen and oxygen atoms in total. The molecule has 1 atom stereocenters. The van der Waals surface area contributed by atoms with Crippen LogP contribution in [0.5, 0.6) is 0 Å². The van der Waals surface area contributed by atoms with Gasteiger partial charge in [-0.1, -0.05) is 0 Å². The van der Waals surface area contributed by atoms with Crippen molar-refractivity contribution in [3.8, 4) is 0 Å². The smallest absolute Gasteiger partial charge is 0.297 e. The lowest BCUT2D eigenvalue weighted by Gasteiger charge is -2.28. The SMILES string of the molecule is CCN(c1nc(CO)co1)C(C)CN(C)C. The molecule has 1 unspecified atom stereocenters. The highest BCUT2D eigenvalue weighted by molar-refractivity contribution is 5.28. The van der Waals surface area contributed by atoms with Crippen LogP contribution in [0.15, 0.2) is 10.7 Å². The van der Waals surface area contributed by atoms with Crippen LogP contribution in [0.1, 0.15) is 19.5 Å². The zero-order chi connectivity index (χ0) is 12.1. The molecule has 0 aromatic carbocycles.